The Morgan fingerprint density at radius 1 is 0.909 bits per heavy atom. The highest BCUT2D eigenvalue weighted by molar-refractivity contribution is 6.04. The highest BCUT2D eigenvalue weighted by atomic mass is 16.1. The second-order valence-corrected chi connectivity index (χ2v) is 5.47. The summed E-state index contributed by atoms with van der Waals surface area (Å²) >= 11 is 0. The fourth-order valence-electron chi connectivity index (χ4n) is 2.07. The second-order valence-electron chi connectivity index (χ2n) is 5.47. The van der Waals surface area contributed by atoms with Crippen molar-refractivity contribution in [1.29, 1.82) is 0 Å². The van der Waals surface area contributed by atoms with Crippen molar-refractivity contribution in [3.63, 3.8) is 0 Å². The molecule has 2 rings (SSSR count). The minimum absolute atomic E-state index is 0.0156. The van der Waals surface area contributed by atoms with Gasteiger partial charge in [-0.2, -0.15) is 0 Å². The van der Waals surface area contributed by atoms with Crippen LogP contribution in [0.3, 0.4) is 0 Å². The quantitative estimate of drug-likeness (QED) is 0.763. The van der Waals surface area contributed by atoms with E-state index in [1.807, 2.05) is 86.6 Å². The molecule has 0 aliphatic heterocycles. The van der Waals surface area contributed by atoms with E-state index >= 15 is 0 Å². The number of anilines is 1. The van der Waals surface area contributed by atoms with Crippen molar-refractivity contribution < 1.29 is 4.79 Å². The first-order valence-electron chi connectivity index (χ1n) is 7.29. The number of allylic oxidation sites excluding steroid dienone is 2. The monoisotopic (exact) mass is 291 g/mol. The fraction of sp³-hybridized carbons (Fsp3) is 0.150. The normalized spacial score (nSPS) is 11.2. The molecule has 0 saturated heterocycles. The summed E-state index contributed by atoms with van der Waals surface area (Å²) in [6.45, 7) is 2.04. The predicted molar refractivity (Wildman–Crippen MR) is 95.0 cm³/mol. The van der Waals surface area contributed by atoms with Gasteiger partial charge < -0.3 is 4.90 Å². The van der Waals surface area contributed by atoms with Crippen molar-refractivity contribution in [2.75, 3.05) is 19.0 Å². The molecule has 0 spiro atoms. The molecule has 2 aromatic rings. The molecule has 2 aromatic carbocycles. The van der Waals surface area contributed by atoms with Gasteiger partial charge in [0.1, 0.15) is 0 Å². The Morgan fingerprint density at radius 3 is 2.14 bits per heavy atom. The van der Waals surface area contributed by atoms with Crippen LogP contribution in [-0.2, 0) is 4.79 Å². The number of aryl methyl sites for hydroxylation is 1. The summed E-state index contributed by atoms with van der Waals surface area (Å²) in [5.74, 6) is -0.0156. The van der Waals surface area contributed by atoms with Crippen LogP contribution in [0.5, 0.6) is 0 Å². The lowest BCUT2D eigenvalue weighted by molar-refractivity contribution is -0.110. The Labute approximate surface area is 132 Å². The SMILES string of the molecule is Cc1cccc(C=CC(=O)C=Cc2ccc(N(C)C)cc2)c1. The molecule has 22 heavy (non-hydrogen) atoms. The number of carbonyl (C=O) groups is 1. The van der Waals surface area contributed by atoms with E-state index in [0.717, 1.165) is 16.8 Å². The van der Waals surface area contributed by atoms with Crippen LogP contribution >= 0.6 is 0 Å². The van der Waals surface area contributed by atoms with Crippen molar-refractivity contribution in [2.24, 2.45) is 0 Å². The topological polar surface area (TPSA) is 20.3 Å². The van der Waals surface area contributed by atoms with Gasteiger partial charge in [-0.3, -0.25) is 4.79 Å². The van der Waals surface area contributed by atoms with Crippen LogP contribution in [0.4, 0.5) is 5.69 Å². The fourth-order valence-corrected chi connectivity index (χ4v) is 2.07. The van der Waals surface area contributed by atoms with E-state index in [0.29, 0.717) is 0 Å². The van der Waals surface area contributed by atoms with Crippen LogP contribution in [0.1, 0.15) is 16.7 Å². The number of carbonyl (C=O) groups excluding carboxylic acids is 1. The summed E-state index contributed by atoms with van der Waals surface area (Å²) in [4.78, 5) is 13.9. The van der Waals surface area contributed by atoms with Gasteiger partial charge in [0.05, 0.1) is 0 Å². The molecule has 0 atom stereocenters. The summed E-state index contributed by atoms with van der Waals surface area (Å²) in [6, 6.07) is 16.1. The molecule has 2 heteroatoms. The third-order valence-electron chi connectivity index (χ3n) is 3.33. The maximum atomic E-state index is 11.9. The van der Waals surface area contributed by atoms with Crippen molar-refractivity contribution in [1.82, 2.24) is 0 Å². The molecule has 0 saturated carbocycles. The highest BCUT2D eigenvalue weighted by Gasteiger charge is 1.95. The second kappa shape index (κ2) is 7.41. The van der Waals surface area contributed by atoms with Gasteiger partial charge in [0.2, 0.25) is 0 Å². The van der Waals surface area contributed by atoms with Gasteiger partial charge >= 0.3 is 0 Å². The van der Waals surface area contributed by atoms with Crippen molar-refractivity contribution in [3.05, 3.63) is 77.4 Å². The average molecular weight is 291 g/mol. The Bertz CT molecular complexity index is 694. The molecule has 2 nitrogen and oxygen atoms in total. The van der Waals surface area contributed by atoms with Crippen molar-refractivity contribution in [3.8, 4) is 0 Å². The Hall–Kier alpha value is -2.61. The molecule has 0 unspecified atom stereocenters. The minimum Gasteiger partial charge on any atom is -0.378 e. The smallest absolute Gasteiger partial charge is 0.178 e. The maximum Gasteiger partial charge on any atom is 0.178 e. The van der Waals surface area contributed by atoms with E-state index in [1.54, 1.807) is 12.2 Å². The van der Waals surface area contributed by atoms with Crippen molar-refractivity contribution >= 4 is 23.6 Å². The molecule has 0 N–H and O–H groups in total. The minimum atomic E-state index is -0.0156. The molecule has 0 aliphatic rings. The molecule has 0 heterocycles. The molecule has 0 radical (unpaired) electrons. The van der Waals surface area contributed by atoms with E-state index in [-0.39, 0.29) is 5.78 Å². The molecule has 0 fully saturated rings. The molecular weight excluding hydrogens is 270 g/mol. The molecule has 112 valence electrons. The van der Waals surface area contributed by atoms with Gasteiger partial charge in [-0.25, -0.2) is 0 Å². The first-order chi connectivity index (χ1) is 10.5. The lowest BCUT2D eigenvalue weighted by atomic mass is 10.1. The standard InChI is InChI=1S/C20H21NO/c1-16-5-4-6-18(15-16)10-14-20(22)13-9-17-7-11-19(12-8-17)21(2)3/h4-15H,1-3H3. The molecular formula is C20H21NO. The van der Waals surface area contributed by atoms with E-state index in [9.17, 15) is 4.79 Å². The van der Waals surface area contributed by atoms with Crippen LogP contribution in [-0.4, -0.2) is 19.9 Å². The molecule has 0 bridgehead atoms. The van der Waals surface area contributed by atoms with Gasteiger partial charge in [-0.05, 0) is 42.3 Å². The number of nitrogens with zero attached hydrogens (tertiary/aromatic N) is 1. The summed E-state index contributed by atoms with van der Waals surface area (Å²) in [5, 5.41) is 0. The molecule has 0 aliphatic carbocycles. The number of hydrogen-bond acceptors (Lipinski definition) is 2. The molecule has 0 amide bonds. The zero-order chi connectivity index (χ0) is 15.9. The summed E-state index contributed by atoms with van der Waals surface area (Å²) in [6.07, 6.45) is 6.87. The highest BCUT2D eigenvalue weighted by Crippen LogP contribution is 2.13. The number of hydrogen-bond donors (Lipinski definition) is 0. The number of rotatable bonds is 5. The summed E-state index contributed by atoms with van der Waals surface area (Å²) in [7, 11) is 4.01. The van der Waals surface area contributed by atoms with E-state index in [1.165, 1.54) is 5.56 Å². The summed E-state index contributed by atoms with van der Waals surface area (Å²) in [5.41, 5.74) is 4.38. The predicted octanol–water partition coefficient (Wildman–Crippen LogP) is 4.36. The summed E-state index contributed by atoms with van der Waals surface area (Å²) < 4.78 is 0. The Balaban J connectivity index is 1.99. The third-order valence-corrected chi connectivity index (χ3v) is 3.33. The number of ketones is 1. The zero-order valence-electron chi connectivity index (χ0n) is 13.3. The van der Waals surface area contributed by atoms with Crippen LogP contribution < -0.4 is 4.90 Å². The van der Waals surface area contributed by atoms with Gasteiger partial charge in [0.25, 0.3) is 0 Å². The van der Waals surface area contributed by atoms with Gasteiger partial charge in [-0.15, -0.1) is 0 Å². The third kappa shape index (κ3) is 4.74. The maximum absolute atomic E-state index is 11.9. The van der Waals surface area contributed by atoms with Crippen molar-refractivity contribution in [2.45, 2.75) is 6.92 Å². The van der Waals surface area contributed by atoms with Gasteiger partial charge in [0, 0.05) is 19.8 Å². The first kappa shape index (κ1) is 15.8. The van der Waals surface area contributed by atoms with E-state index < -0.39 is 0 Å². The van der Waals surface area contributed by atoms with E-state index in [4.69, 9.17) is 0 Å². The van der Waals surface area contributed by atoms with Gasteiger partial charge in [0.15, 0.2) is 5.78 Å². The zero-order valence-corrected chi connectivity index (χ0v) is 13.3. The average Bonchev–Trinajstić information content (AvgIpc) is 2.51. The van der Waals surface area contributed by atoms with Crippen LogP contribution in [0.2, 0.25) is 0 Å². The first-order valence-corrected chi connectivity index (χ1v) is 7.29. The largest absolute Gasteiger partial charge is 0.378 e. The van der Waals surface area contributed by atoms with Crippen LogP contribution in [0.15, 0.2) is 60.7 Å². The van der Waals surface area contributed by atoms with Crippen LogP contribution in [0.25, 0.3) is 12.2 Å². The Kier molecular flexibility index (Phi) is 5.31. The lowest BCUT2D eigenvalue weighted by Gasteiger charge is -2.11. The Morgan fingerprint density at radius 2 is 1.55 bits per heavy atom. The van der Waals surface area contributed by atoms with Crippen LogP contribution in [0, 0.1) is 6.92 Å². The van der Waals surface area contributed by atoms with E-state index in [2.05, 4.69) is 0 Å². The van der Waals surface area contributed by atoms with Gasteiger partial charge in [-0.1, -0.05) is 54.1 Å². The molecule has 0 aromatic heterocycles. The number of benzene rings is 2. The lowest BCUT2D eigenvalue weighted by Crippen LogP contribution is -2.07.